The summed E-state index contributed by atoms with van der Waals surface area (Å²) in [6.45, 7) is 2.90. The van der Waals surface area contributed by atoms with Crippen LogP contribution in [-0.2, 0) is 19.6 Å². The highest BCUT2D eigenvalue weighted by atomic mass is 32.2. The van der Waals surface area contributed by atoms with Crippen molar-refractivity contribution in [3.8, 4) is 5.75 Å². The molecule has 1 amide bonds. The summed E-state index contributed by atoms with van der Waals surface area (Å²) in [5, 5.41) is 2.73. The molecule has 0 aliphatic rings. The lowest BCUT2D eigenvalue weighted by atomic mass is 10.2. The van der Waals surface area contributed by atoms with Gasteiger partial charge in [-0.15, -0.1) is 0 Å². The van der Waals surface area contributed by atoms with Crippen molar-refractivity contribution in [2.75, 3.05) is 38.2 Å². The lowest BCUT2D eigenvalue weighted by Crippen LogP contribution is -2.30. The molecule has 8 heteroatoms. The molecule has 0 saturated heterocycles. The van der Waals surface area contributed by atoms with Crippen molar-refractivity contribution in [3.05, 3.63) is 54.1 Å². The third kappa shape index (κ3) is 5.97. The highest BCUT2D eigenvalue weighted by Gasteiger charge is 2.21. The Bertz CT molecular complexity index is 864. The highest BCUT2D eigenvalue weighted by Crippen LogP contribution is 2.24. The number of hydrogen-bond donors (Lipinski definition) is 1. The number of nitrogens with zero attached hydrogens (tertiary/aromatic N) is 1. The minimum atomic E-state index is -3.64. The number of methoxy groups -OCH3 is 1. The predicted molar refractivity (Wildman–Crippen MR) is 108 cm³/mol. The van der Waals surface area contributed by atoms with Crippen LogP contribution < -0.4 is 14.4 Å². The zero-order chi connectivity index (χ0) is 20.6. The van der Waals surface area contributed by atoms with E-state index in [0.29, 0.717) is 24.6 Å². The lowest BCUT2D eigenvalue weighted by molar-refractivity contribution is -0.123. The average molecular weight is 407 g/mol. The Morgan fingerprint density at radius 1 is 1.07 bits per heavy atom. The van der Waals surface area contributed by atoms with Crippen LogP contribution >= 0.6 is 0 Å². The summed E-state index contributed by atoms with van der Waals surface area (Å²) in [4.78, 5) is 11.9. The normalized spacial score (nSPS) is 11.1. The molecule has 0 fully saturated rings. The van der Waals surface area contributed by atoms with Crippen LogP contribution in [0.3, 0.4) is 0 Å². The number of aryl methyl sites for hydroxylation is 1. The molecular formula is C20H26N2O5S. The van der Waals surface area contributed by atoms with Crippen molar-refractivity contribution in [2.45, 2.75) is 18.2 Å². The molecule has 152 valence electrons. The molecular weight excluding hydrogens is 380 g/mol. The van der Waals surface area contributed by atoms with Gasteiger partial charge in [-0.1, -0.05) is 17.7 Å². The monoisotopic (exact) mass is 406 g/mol. The number of nitrogens with one attached hydrogen (secondary N) is 1. The van der Waals surface area contributed by atoms with Gasteiger partial charge < -0.3 is 14.8 Å². The molecule has 7 nitrogen and oxygen atoms in total. The van der Waals surface area contributed by atoms with Crippen molar-refractivity contribution in [3.63, 3.8) is 0 Å². The largest absolute Gasteiger partial charge is 0.484 e. The van der Waals surface area contributed by atoms with Gasteiger partial charge in [0.1, 0.15) is 5.75 Å². The van der Waals surface area contributed by atoms with E-state index in [2.05, 4.69) is 5.32 Å². The van der Waals surface area contributed by atoms with Crippen LogP contribution in [0.4, 0.5) is 5.69 Å². The number of carbonyl (C=O) groups excluding carboxylic acids is 1. The van der Waals surface area contributed by atoms with Crippen molar-refractivity contribution in [2.24, 2.45) is 0 Å². The molecule has 1 N–H and O–H groups in total. The van der Waals surface area contributed by atoms with Gasteiger partial charge in [0.05, 0.1) is 10.6 Å². The first-order chi connectivity index (χ1) is 13.3. The maximum absolute atomic E-state index is 12.7. The van der Waals surface area contributed by atoms with E-state index in [0.717, 1.165) is 12.0 Å². The molecule has 0 radical (unpaired) electrons. The SMILES string of the molecule is COCCCNC(=O)COc1ccc(N(C)S(=O)(=O)c2ccc(C)cc2)cc1. The molecule has 0 atom stereocenters. The van der Waals surface area contributed by atoms with E-state index in [9.17, 15) is 13.2 Å². The van der Waals surface area contributed by atoms with Crippen LogP contribution in [0.5, 0.6) is 5.75 Å². The maximum Gasteiger partial charge on any atom is 0.264 e. The third-order valence-corrected chi connectivity index (χ3v) is 5.90. The number of benzene rings is 2. The summed E-state index contributed by atoms with van der Waals surface area (Å²) in [6, 6.07) is 13.2. The topological polar surface area (TPSA) is 84.9 Å². The Morgan fingerprint density at radius 2 is 1.71 bits per heavy atom. The zero-order valence-corrected chi connectivity index (χ0v) is 17.2. The van der Waals surface area contributed by atoms with Gasteiger partial charge in [-0.05, 0) is 49.7 Å². The van der Waals surface area contributed by atoms with Gasteiger partial charge in [0.25, 0.3) is 15.9 Å². The number of hydrogen-bond acceptors (Lipinski definition) is 5. The Labute approximate surface area is 166 Å². The van der Waals surface area contributed by atoms with Gasteiger partial charge >= 0.3 is 0 Å². The van der Waals surface area contributed by atoms with Gasteiger partial charge in [-0.25, -0.2) is 8.42 Å². The molecule has 0 spiro atoms. The Kier molecular flexibility index (Phi) is 7.83. The van der Waals surface area contributed by atoms with Gasteiger partial charge in [0, 0.05) is 27.3 Å². The fourth-order valence-corrected chi connectivity index (χ4v) is 3.60. The minimum absolute atomic E-state index is 0.107. The van der Waals surface area contributed by atoms with Crippen molar-refractivity contribution < 1.29 is 22.7 Å². The summed E-state index contributed by atoms with van der Waals surface area (Å²) in [5.41, 5.74) is 1.49. The second-order valence-electron chi connectivity index (χ2n) is 6.26. The molecule has 2 aromatic rings. The molecule has 0 aromatic heterocycles. The molecule has 0 aliphatic carbocycles. The summed E-state index contributed by atoms with van der Waals surface area (Å²) < 4.78 is 37.0. The molecule has 0 aliphatic heterocycles. The summed E-state index contributed by atoms with van der Waals surface area (Å²) in [5.74, 6) is 0.260. The van der Waals surface area contributed by atoms with E-state index in [-0.39, 0.29) is 17.4 Å². The summed E-state index contributed by atoms with van der Waals surface area (Å²) in [6.07, 6.45) is 0.735. The molecule has 2 aromatic carbocycles. The molecule has 0 saturated carbocycles. The van der Waals surface area contributed by atoms with Crippen molar-refractivity contribution in [1.29, 1.82) is 0 Å². The average Bonchev–Trinajstić information content (AvgIpc) is 2.70. The van der Waals surface area contributed by atoms with E-state index in [4.69, 9.17) is 9.47 Å². The van der Waals surface area contributed by atoms with E-state index in [1.54, 1.807) is 55.6 Å². The molecule has 28 heavy (non-hydrogen) atoms. The van der Waals surface area contributed by atoms with Crippen LogP contribution in [0.15, 0.2) is 53.4 Å². The fraction of sp³-hybridized carbons (Fsp3) is 0.350. The first kappa shape index (κ1) is 21.7. The first-order valence-electron chi connectivity index (χ1n) is 8.88. The highest BCUT2D eigenvalue weighted by molar-refractivity contribution is 7.92. The van der Waals surface area contributed by atoms with E-state index >= 15 is 0 Å². The number of amides is 1. The van der Waals surface area contributed by atoms with E-state index in [1.807, 2.05) is 6.92 Å². The van der Waals surface area contributed by atoms with Crippen LogP contribution in [-0.4, -0.2) is 48.2 Å². The Balaban J connectivity index is 1.94. The van der Waals surface area contributed by atoms with E-state index < -0.39 is 10.0 Å². The minimum Gasteiger partial charge on any atom is -0.484 e. The molecule has 0 unspecified atom stereocenters. The molecule has 0 heterocycles. The van der Waals surface area contributed by atoms with Crippen LogP contribution in [0.1, 0.15) is 12.0 Å². The Hall–Kier alpha value is -2.58. The molecule has 0 bridgehead atoms. The lowest BCUT2D eigenvalue weighted by Gasteiger charge is -2.20. The van der Waals surface area contributed by atoms with Crippen LogP contribution in [0, 0.1) is 6.92 Å². The summed E-state index contributed by atoms with van der Waals surface area (Å²) >= 11 is 0. The van der Waals surface area contributed by atoms with Crippen molar-refractivity contribution >= 4 is 21.6 Å². The first-order valence-corrected chi connectivity index (χ1v) is 10.3. The number of sulfonamides is 1. The van der Waals surface area contributed by atoms with Crippen LogP contribution in [0.2, 0.25) is 0 Å². The zero-order valence-electron chi connectivity index (χ0n) is 16.3. The summed E-state index contributed by atoms with van der Waals surface area (Å²) in [7, 11) is -0.537. The quantitative estimate of drug-likeness (QED) is 0.612. The van der Waals surface area contributed by atoms with Gasteiger partial charge in [-0.3, -0.25) is 9.10 Å². The standard InChI is InChI=1S/C20H26N2O5S/c1-16-5-11-19(12-6-16)28(24,25)22(2)17-7-9-18(10-8-17)27-15-20(23)21-13-4-14-26-3/h5-12H,4,13-15H2,1-3H3,(H,21,23). The predicted octanol–water partition coefficient (Wildman–Crippen LogP) is 2.35. The molecule has 2 rings (SSSR count). The smallest absolute Gasteiger partial charge is 0.264 e. The van der Waals surface area contributed by atoms with Gasteiger partial charge in [-0.2, -0.15) is 0 Å². The van der Waals surface area contributed by atoms with Crippen molar-refractivity contribution in [1.82, 2.24) is 5.32 Å². The number of ether oxygens (including phenoxy) is 2. The number of carbonyl (C=O) groups is 1. The second kappa shape index (κ2) is 10.1. The van der Waals surface area contributed by atoms with Gasteiger partial charge in [0.15, 0.2) is 6.61 Å². The number of anilines is 1. The second-order valence-corrected chi connectivity index (χ2v) is 8.23. The van der Waals surface area contributed by atoms with Crippen LogP contribution in [0.25, 0.3) is 0 Å². The maximum atomic E-state index is 12.7. The van der Waals surface area contributed by atoms with E-state index in [1.165, 1.54) is 11.4 Å². The third-order valence-electron chi connectivity index (χ3n) is 4.10. The number of rotatable bonds is 10. The Morgan fingerprint density at radius 3 is 2.32 bits per heavy atom. The fourth-order valence-electron chi connectivity index (χ4n) is 2.40. The van der Waals surface area contributed by atoms with Gasteiger partial charge in [0.2, 0.25) is 0 Å².